The first-order valence-corrected chi connectivity index (χ1v) is 31.1. The molecule has 15 N–H and O–H groups in total. The quantitative estimate of drug-likeness (QED) is 0.0200. The van der Waals surface area contributed by atoms with E-state index >= 15 is 0 Å². The van der Waals surface area contributed by atoms with Gasteiger partial charge in [-0.2, -0.15) is 0 Å². The molecule has 0 bridgehead atoms. The van der Waals surface area contributed by atoms with Gasteiger partial charge in [-0.25, -0.2) is 4.79 Å². The molecule has 34 nitrogen and oxygen atoms in total. The molecule has 5 aliphatic rings. The highest BCUT2D eigenvalue weighted by Crippen LogP contribution is 2.31. The van der Waals surface area contributed by atoms with E-state index in [1.54, 1.807) is 0 Å². The van der Waals surface area contributed by atoms with Crippen molar-refractivity contribution in [2.24, 2.45) is 0 Å². The Labute approximate surface area is 524 Å². The highest BCUT2D eigenvalue weighted by molar-refractivity contribution is 6.01. The molecule has 0 aromatic rings. The number of nitrogens with one attached hydrogen (secondary N) is 2. The van der Waals surface area contributed by atoms with Crippen molar-refractivity contribution >= 4 is 46.9 Å². The minimum absolute atomic E-state index is 0.00124. The lowest BCUT2D eigenvalue weighted by Crippen LogP contribution is -2.65. The van der Waals surface area contributed by atoms with Crippen LogP contribution in [0, 0.1) is 0 Å². The number of ether oxygens (including phenoxy) is 8. The van der Waals surface area contributed by atoms with Crippen LogP contribution in [0.25, 0.3) is 0 Å². The second-order valence-electron chi connectivity index (χ2n) is 23.3. The lowest BCUT2D eigenvalue weighted by molar-refractivity contribution is -0.366. The van der Waals surface area contributed by atoms with Gasteiger partial charge in [-0.1, -0.05) is 25.7 Å². The summed E-state index contributed by atoms with van der Waals surface area (Å²) >= 11 is 0. The van der Waals surface area contributed by atoms with Crippen molar-refractivity contribution in [2.75, 3.05) is 65.8 Å². The number of hydrogen-bond donors (Lipinski definition) is 15. The SMILES string of the molecule is C[C@@H]1O[C@@H](OCCNC(=O)CCCCCCC(=O)CN(CC(=O)CCCCCCC(=O)ON2C(=O)CCC2=O)CC(=O)CCCCC(=O)NCCO[C@H]2O[C@H](CO[C@H]3O[C@H](CO)[C@@H](O)[C@H](O)[C@@H]3O)[C@@H](O)[C@H](O[C@H]3O[C@H](CO)[C@@H](O)[C@H](O)[C@@H]3O)[C@@H]2O)[C@@H](O)[C@H](O)[C@@H]1O. The third kappa shape index (κ3) is 24.4. The molecule has 522 valence electrons. The van der Waals surface area contributed by atoms with Gasteiger partial charge in [-0.3, -0.25) is 38.5 Å². The van der Waals surface area contributed by atoms with Crippen molar-refractivity contribution < 1.29 is 147 Å². The van der Waals surface area contributed by atoms with E-state index in [1.807, 2.05) is 0 Å². The maximum absolute atomic E-state index is 13.3. The fourth-order valence-corrected chi connectivity index (χ4v) is 10.6. The van der Waals surface area contributed by atoms with Gasteiger partial charge in [0, 0.05) is 64.5 Å². The van der Waals surface area contributed by atoms with E-state index in [0.717, 1.165) is 0 Å². The normalized spacial score (nSPS) is 32.8. The maximum atomic E-state index is 13.3. The second-order valence-corrected chi connectivity index (χ2v) is 23.3. The lowest BCUT2D eigenvalue weighted by Gasteiger charge is -2.46. The number of aliphatic hydroxyl groups excluding tert-OH is 13. The van der Waals surface area contributed by atoms with Crippen LogP contribution in [0.2, 0.25) is 0 Å². The van der Waals surface area contributed by atoms with Crippen molar-refractivity contribution in [1.82, 2.24) is 20.6 Å². The average Bonchev–Trinajstić information content (AvgIpc) is 1.57. The number of hydrogen-bond acceptors (Lipinski definition) is 31. The van der Waals surface area contributed by atoms with Gasteiger partial charge < -0.3 is 120 Å². The summed E-state index contributed by atoms with van der Waals surface area (Å²) in [6.07, 6.45) is -27.3. The van der Waals surface area contributed by atoms with Gasteiger partial charge in [0.15, 0.2) is 25.2 Å². The topological polar surface area (TPSA) is 513 Å². The van der Waals surface area contributed by atoms with E-state index in [0.29, 0.717) is 56.4 Å². The number of carbonyl (C=O) groups excluding carboxylic acids is 8. The number of carbonyl (C=O) groups is 8. The Morgan fingerprint density at radius 2 is 0.857 bits per heavy atom. The second kappa shape index (κ2) is 39.5. The molecule has 0 aromatic carbocycles. The number of aliphatic hydroxyl groups is 13. The van der Waals surface area contributed by atoms with E-state index in [2.05, 4.69) is 10.6 Å². The number of amides is 4. The standard InChI is InChI=1S/C57H94N4O30/c1-30-42(72)46(76)49(79)54(86-30)83-22-20-58-37(67)15-8-4-2-6-12-31(64)24-60(25-32(65)13-7-3-5-9-17-41(71)91-61-39(69)18-19-40(61)70)26-33(66)14-10-11-16-38(68)59-21-23-84-56-52(82)53(90-57-51(81)48(78)44(74)35(28-63)88-57)45(75)36(89-56)29-85-55-50(80)47(77)43(73)34(27-62)87-55/h30,34-36,42-57,62-63,72-82H,2-29H2,1H3,(H,58,67)(H,59,68)/t30-,34+,35+,36+,42+,43+,44+,45+,46+,47-,48-,49-,50-,51-,52-,53-,54+,55-,56-,57+/m0/s1. The molecule has 0 saturated carbocycles. The number of imide groups is 1. The minimum Gasteiger partial charge on any atom is -0.394 e. The smallest absolute Gasteiger partial charge is 0.333 e. The van der Waals surface area contributed by atoms with Crippen LogP contribution in [-0.2, 0) is 81.1 Å². The lowest BCUT2D eigenvalue weighted by atomic mass is 9.96. The summed E-state index contributed by atoms with van der Waals surface area (Å²) in [5.74, 6) is -3.34. The van der Waals surface area contributed by atoms with Gasteiger partial charge in [0.1, 0.15) is 109 Å². The summed E-state index contributed by atoms with van der Waals surface area (Å²) in [6, 6.07) is 0. The largest absolute Gasteiger partial charge is 0.394 e. The zero-order valence-corrected chi connectivity index (χ0v) is 51.0. The number of ketones is 3. The van der Waals surface area contributed by atoms with E-state index < -0.39 is 166 Å². The van der Waals surface area contributed by atoms with Crippen LogP contribution in [0.4, 0.5) is 0 Å². The maximum Gasteiger partial charge on any atom is 0.333 e. The van der Waals surface area contributed by atoms with Gasteiger partial charge in [-0.05, 0) is 45.4 Å². The van der Waals surface area contributed by atoms with Crippen molar-refractivity contribution in [1.29, 1.82) is 0 Å². The molecule has 34 heteroatoms. The number of unbranched alkanes of at least 4 members (excludes halogenated alkanes) is 7. The predicted octanol–water partition coefficient (Wildman–Crippen LogP) is -6.61. The molecule has 5 saturated heterocycles. The van der Waals surface area contributed by atoms with Gasteiger partial charge in [0.2, 0.25) is 11.8 Å². The Hall–Kier alpha value is -4.32. The molecule has 0 unspecified atom stereocenters. The van der Waals surface area contributed by atoms with E-state index in [1.165, 1.54) is 11.8 Å². The van der Waals surface area contributed by atoms with Crippen molar-refractivity contribution in [3.63, 3.8) is 0 Å². The third-order valence-corrected chi connectivity index (χ3v) is 16.0. The van der Waals surface area contributed by atoms with Gasteiger partial charge in [-0.15, -0.1) is 5.06 Å². The Morgan fingerprint density at radius 1 is 0.462 bits per heavy atom. The van der Waals surface area contributed by atoms with Gasteiger partial charge >= 0.3 is 5.97 Å². The first kappa shape index (κ1) is 77.4. The minimum atomic E-state index is -1.96. The van der Waals surface area contributed by atoms with Crippen molar-refractivity contribution in [3.8, 4) is 0 Å². The molecule has 4 amide bonds. The molecule has 0 spiro atoms. The number of rotatable bonds is 41. The van der Waals surface area contributed by atoms with Crippen molar-refractivity contribution in [2.45, 2.75) is 245 Å². The summed E-state index contributed by atoms with van der Waals surface area (Å²) < 4.78 is 44.3. The number of hydroxylamine groups is 2. The van der Waals surface area contributed by atoms with Crippen LogP contribution in [-0.4, -0.2) is 312 Å². The van der Waals surface area contributed by atoms with Crippen LogP contribution >= 0.6 is 0 Å². The van der Waals surface area contributed by atoms with Crippen molar-refractivity contribution in [3.05, 3.63) is 0 Å². The van der Waals surface area contributed by atoms with Gasteiger partial charge in [0.05, 0.1) is 58.8 Å². The average molecular weight is 1320 g/mol. The zero-order chi connectivity index (χ0) is 66.9. The molecule has 5 aliphatic heterocycles. The van der Waals surface area contributed by atoms with Crippen LogP contribution < -0.4 is 10.6 Å². The van der Waals surface area contributed by atoms with E-state index in [4.69, 9.17) is 42.7 Å². The molecule has 0 aromatic heterocycles. The summed E-state index contributed by atoms with van der Waals surface area (Å²) in [6.45, 7) is -1.83. The Bertz CT molecular complexity index is 2270. The van der Waals surface area contributed by atoms with Gasteiger partial charge in [0.25, 0.3) is 11.8 Å². The number of Topliss-reactive ketones (excluding diaryl/α,β-unsaturated/α-hetero) is 3. The van der Waals surface area contributed by atoms with Crippen LogP contribution in [0.3, 0.4) is 0 Å². The first-order valence-electron chi connectivity index (χ1n) is 31.1. The van der Waals surface area contributed by atoms with Crippen LogP contribution in [0.15, 0.2) is 0 Å². The molecule has 5 fully saturated rings. The van der Waals surface area contributed by atoms with E-state index in [-0.39, 0.29) is 133 Å². The highest BCUT2D eigenvalue weighted by Gasteiger charge is 2.52. The van der Waals surface area contributed by atoms with Crippen LogP contribution in [0.5, 0.6) is 0 Å². The Morgan fingerprint density at radius 3 is 1.35 bits per heavy atom. The summed E-state index contributed by atoms with van der Waals surface area (Å²) in [5.41, 5.74) is 0. The molecule has 5 rings (SSSR count). The first-order chi connectivity index (χ1) is 43.3. The molecule has 0 aliphatic carbocycles. The monoisotopic (exact) mass is 1310 g/mol. The molecular weight excluding hydrogens is 1220 g/mol. The summed E-state index contributed by atoms with van der Waals surface area (Å²) in [5, 5.41) is 140. The molecule has 91 heavy (non-hydrogen) atoms. The zero-order valence-electron chi connectivity index (χ0n) is 51.0. The third-order valence-electron chi connectivity index (χ3n) is 16.0. The summed E-state index contributed by atoms with van der Waals surface area (Å²) in [4.78, 5) is 107. The molecule has 0 radical (unpaired) electrons. The predicted molar refractivity (Wildman–Crippen MR) is 302 cm³/mol. The molecule has 20 atom stereocenters. The Balaban J connectivity index is 1.04. The highest BCUT2D eigenvalue weighted by atomic mass is 16.8. The fraction of sp³-hybridized carbons (Fsp3) is 0.860. The van der Waals surface area contributed by atoms with Crippen LogP contribution in [0.1, 0.15) is 122 Å². The Kier molecular flexibility index (Phi) is 33.6. The van der Waals surface area contributed by atoms with E-state index in [9.17, 15) is 105 Å². The fourth-order valence-electron chi connectivity index (χ4n) is 10.6. The molecule has 5 heterocycles. The molecular formula is C57H94N4O30. The summed E-state index contributed by atoms with van der Waals surface area (Å²) in [7, 11) is 0. The number of nitrogens with zero attached hydrogens (tertiary/aromatic N) is 2.